The number of hydrogen-bond donors (Lipinski definition) is 1. The van der Waals surface area contributed by atoms with E-state index in [1.54, 1.807) is 12.1 Å². The van der Waals surface area contributed by atoms with E-state index in [9.17, 15) is 19.1 Å². The summed E-state index contributed by atoms with van der Waals surface area (Å²) in [5.74, 6) is -1.49. The van der Waals surface area contributed by atoms with Crippen molar-refractivity contribution in [1.82, 2.24) is 4.90 Å². The maximum atomic E-state index is 14.8. The molecule has 1 N–H and O–H groups in total. The quantitative estimate of drug-likeness (QED) is 0.678. The zero-order valence-electron chi connectivity index (χ0n) is 17.7. The molecule has 1 atom stereocenters. The number of benzene rings is 1. The minimum Gasteiger partial charge on any atom is -1.00 e. The minimum atomic E-state index is -1.05. The van der Waals surface area contributed by atoms with Crippen molar-refractivity contribution in [2.75, 3.05) is 24.5 Å². The van der Waals surface area contributed by atoms with E-state index in [4.69, 9.17) is 4.74 Å². The first-order valence-corrected chi connectivity index (χ1v) is 9.32. The number of hydrogen-bond acceptors (Lipinski definition) is 4. The fourth-order valence-corrected chi connectivity index (χ4v) is 3.57. The molecule has 2 aliphatic rings. The molecule has 8 heteroatoms. The van der Waals surface area contributed by atoms with E-state index in [1.807, 2.05) is 18.7 Å². The summed E-state index contributed by atoms with van der Waals surface area (Å²) in [7, 11) is 0. The van der Waals surface area contributed by atoms with Gasteiger partial charge in [0.1, 0.15) is 11.8 Å². The van der Waals surface area contributed by atoms with Gasteiger partial charge in [0, 0.05) is 19.2 Å². The summed E-state index contributed by atoms with van der Waals surface area (Å²) in [5.41, 5.74) is 0.495. The van der Waals surface area contributed by atoms with Gasteiger partial charge >= 0.3 is 24.8 Å². The molecule has 0 spiro atoms. The first kappa shape index (κ1) is 22.3. The second kappa shape index (κ2) is 9.49. The van der Waals surface area contributed by atoms with E-state index in [2.05, 4.69) is 0 Å². The molecule has 0 aromatic heterocycles. The Bertz CT molecular complexity index is 769. The van der Waals surface area contributed by atoms with Gasteiger partial charge in [-0.1, -0.05) is 19.9 Å². The number of carboxylic acids is 1. The van der Waals surface area contributed by atoms with Crippen molar-refractivity contribution in [3.05, 3.63) is 35.9 Å². The van der Waals surface area contributed by atoms with E-state index >= 15 is 0 Å². The molecule has 2 heterocycles. The van der Waals surface area contributed by atoms with E-state index in [0.29, 0.717) is 12.1 Å². The molecule has 1 saturated heterocycles. The van der Waals surface area contributed by atoms with Crippen molar-refractivity contribution in [2.45, 2.75) is 39.2 Å². The van der Waals surface area contributed by atoms with Crippen LogP contribution >= 0.6 is 0 Å². The van der Waals surface area contributed by atoms with Crippen LogP contribution in [0.2, 0.25) is 0 Å². The molecule has 0 saturated carbocycles. The number of carboxylic acid groups (broad SMARTS) is 1. The van der Waals surface area contributed by atoms with Gasteiger partial charge in [0.2, 0.25) is 0 Å². The van der Waals surface area contributed by atoms with Crippen LogP contribution in [0.1, 0.15) is 34.5 Å². The van der Waals surface area contributed by atoms with Gasteiger partial charge in [-0.25, -0.2) is 9.18 Å². The van der Waals surface area contributed by atoms with Crippen LogP contribution in [0.5, 0.6) is 5.75 Å². The predicted molar refractivity (Wildman–Crippen MR) is 100 cm³/mol. The number of anilines is 1. The molecule has 28 heavy (non-hydrogen) atoms. The average Bonchev–Trinajstić information content (AvgIpc) is 3.24. The van der Waals surface area contributed by atoms with Gasteiger partial charge in [-0.2, -0.15) is 0 Å². The topological polar surface area (TPSA) is 70.1 Å². The third-order valence-electron chi connectivity index (χ3n) is 4.88. The third kappa shape index (κ3) is 4.89. The molecule has 1 aromatic carbocycles. The van der Waals surface area contributed by atoms with Crippen LogP contribution in [0, 0.1) is 11.7 Å². The fraction of sp³-hybridized carbons (Fsp3) is 0.500. The zero-order valence-corrected chi connectivity index (χ0v) is 16.7. The fourth-order valence-electron chi connectivity index (χ4n) is 3.57. The van der Waals surface area contributed by atoms with Gasteiger partial charge in [0.05, 0.1) is 12.2 Å². The number of ether oxygens (including phenoxy) is 1. The van der Waals surface area contributed by atoms with Gasteiger partial charge < -0.3 is 21.1 Å². The molecule has 1 aromatic rings. The Morgan fingerprint density at radius 2 is 2.00 bits per heavy atom. The van der Waals surface area contributed by atoms with Gasteiger partial charge in [-0.15, -0.1) is 0 Å². The molecule has 1 fully saturated rings. The van der Waals surface area contributed by atoms with Crippen LogP contribution in [0.3, 0.4) is 0 Å². The summed E-state index contributed by atoms with van der Waals surface area (Å²) in [4.78, 5) is 27.1. The third-order valence-corrected chi connectivity index (χ3v) is 4.88. The molecule has 1 amide bonds. The standard InChI is InChI=1S/C20H25FN2O4.Li.H/c1-13(2)10-16(20(25)26)23-12-14(11-18(23)24)27-17-7-5-6-15(19(17)21)22-8-3-4-9-22;;/h5-7,11,13,16H,3-4,8-10,12H2,1-2H3,(H,25,26);;/q;+1;-1/t16-;;/m0../s1. The van der Waals surface area contributed by atoms with Crippen LogP contribution in [-0.2, 0) is 9.59 Å². The summed E-state index contributed by atoms with van der Waals surface area (Å²) in [6.45, 7) is 5.45. The molecular formula is C20H26FLiN2O4. The number of halogens is 1. The average molecular weight is 384 g/mol. The van der Waals surface area contributed by atoms with Gasteiger partial charge in [-0.05, 0) is 37.3 Å². The van der Waals surface area contributed by atoms with Crippen molar-refractivity contribution in [3.8, 4) is 5.75 Å². The summed E-state index contributed by atoms with van der Waals surface area (Å²) in [6, 6.07) is 4.04. The second-order valence-electron chi connectivity index (χ2n) is 7.45. The summed E-state index contributed by atoms with van der Waals surface area (Å²) in [5, 5.41) is 9.45. The number of nitrogens with zero attached hydrogens (tertiary/aromatic N) is 2. The number of aliphatic carboxylic acids is 1. The number of carbonyl (C=O) groups excluding carboxylic acids is 1. The van der Waals surface area contributed by atoms with Crippen LogP contribution in [0.25, 0.3) is 0 Å². The van der Waals surface area contributed by atoms with Crippen molar-refractivity contribution < 1.29 is 44.1 Å². The van der Waals surface area contributed by atoms with Crippen molar-refractivity contribution in [1.29, 1.82) is 0 Å². The maximum Gasteiger partial charge on any atom is 1.00 e. The molecule has 0 aliphatic carbocycles. The van der Waals surface area contributed by atoms with E-state index in [1.165, 1.54) is 17.0 Å². The van der Waals surface area contributed by atoms with Crippen molar-refractivity contribution in [2.24, 2.45) is 5.92 Å². The van der Waals surface area contributed by atoms with E-state index < -0.39 is 23.7 Å². The van der Waals surface area contributed by atoms with Crippen LogP contribution < -0.4 is 28.5 Å². The molecule has 148 valence electrons. The van der Waals surface area contributed by atoms with Crippen LogP contribution in [0.15, 0.2) is 30.0 Å². The Morgan fingerprint density at radius 1 is 1.32 bits per heavy atom. The molecule has 2 aliphatic heterocycles. The largest absolute Gasteiger partial charge is 1.00 e. The molecule has 0 radical (unpaired) electrons. The van der Waals surface area contributed by atoms with Gasteiger partial charge in [0.15, 0.2) is 11.6 Å². The summed E-state index contributed by atoms with van der Waals surface area (Å²) in [6.07, 6.45) is 3.66. The monoisotopic (exact) mass is 384 g/mol. The summed E-state index contributed by atoms with van der Waals surface area (Å²) < 4.78 is 20.5. The molecule has 3 rings (SSSR count). The summed E-state index contributed by atoms with van der Waals surface area (Å²) >= 11 is 0. The first-order valence-electron chi connectivity index (χ1n) is 9.32. The first-order chi connectivity index (χ1) is 12.9. The van der Waals surface area contributed by atoms with Crippen molar-refractivity contribution in [3.63, 3.8) is 0 Å². The zero-order chi connectivity index (χ0) is 19.6. The second-order valence-corrected chi connectivity index (χ2v) is 7.45. The number of carbonyl (C=O) groups is 2. The normalized spacial score (nSPS) is 17.6. The SMILES string of the molecule is CC(C)C[C@@H](C(=O)O)N1CC(Oc2cccc(N3CCCC3)c2F)=CC1=O.[H-].[Li+]. The molecular weight excluding hydrogens is 358 g/mol. The van der Waals surface area contributed by atoms with Gasteiger partial charge in [0.25, 0.3) is 5.91 Å². The van der Waals surface area contributed by atoms with Crippen LogP contribution in [-0.4, -0.2) is 47.6 Å². The van der Waals surface area contributed by atoms with Crippen molar-refractivity contribution >= 4 is 17.6 Å². The Hall–Kier alpha value is -1.97. The maximum absolute atomic E-state index is 14.8. The Balaban J connectivity index is 0.00000210. The Labute approximate surface area is 178 Å². The predicted octanol–water partition coefficient (Wildman–Crippen LogP) is 0.147. The van der Waals surface area contributed by atoms with Gasteiger partial charge in [-0.3, -0.25) is 4.79 Å². The smallest absolute Gasteiger partial charge is 1.00 e. The molecule has 0 unspecified atom stereocenters. The number of rotatable bonds is 7. The molecule has 6 nitrogen and oxygen atoms in total. The number of amides is 1. The van der Waals surface area contributed by atoms with E-state index in [0.717, 1.165) is 25.9 Å². The minimum absolute atomic E-state index is 0. The Kier molecular flexibility index (Phi) is 7.56. The molecule has 0 bridgehead atoms. The Morgan fingerprint density at radius 3 is 2.61 bits per heavy atom. The van der Waals surface area contributed by atoms with Crippen LogP contribution in [0.4, 0.5) is 10.1 Å². The van der Waals surface area contributed by atoms with E-state index in [-0.39, 0.29) is 44.3 Å².